The van der Waals surface area contributed by atoms with Gasteiger partial charge in [0.05, 0.1) is 5.60 Å². The molecule has 0 aromatic heterocycles. The largest absolute Gasteiger partial charge is 0.381 e. The van der Waals surface area contributed by atoms with Crippen molar-refractivity contribution in [1.29, 1.82) is 0 Å². The Bertz CT molecular complexity index is 411. The van der Waals surface area contributed by atoms with Gasteiger partial charge >= 0.3 is 0 Å². The van der Waals surface area contributed by atoms with Crippen molar-refractivity contribution in [1.82, 2.24) is 10.6 Å². The lowest BCUT2D eigenvalue weighted by atomic mass is 9.78. The maximum absolute atomic E-state index is 5.83. The Morgan fingerprint density at radius 2 is 1.80 bits per heavy atom. The average molecular weight is 354 g/mol. The molecule has 0 bridgehead atoms. The van der Waals surface area contributed by atoms with Crippen molar-refractivity contribution >= 4 is 5.96 Å². The van der Waals surface area contributed by atoms with Gasteiger partial charge in [0, 0.05) is 52.8 Å². The van der Waals surface area contributed by atoms with Crippen molar-refractivity contribution in [2.45, 2.75) is 71.3 Å². The molecule has 0 radical (unpaired) electrons. The summed E-state index contributed by atoms with van der Waals surface area (Å²) in [5, 5.41) is 6.95. The summed E-state index contributed by atoms with van der Waals surface area (Å²) < 4.78 is 11.3. The van der Waals surface area contributed by atoms with E-state index >= 15 is 0 Å². The molecule has 1 saturated heterocycles. The molecule has 146 valence electrons. The maximum atomic E-state index is 5.83. The third-order valence-corrected chi connectivity index (χ3v) is 5.84. The Labute approximate surface area is 154 Å². The summed E-state index contributed by atoms with van der Waals surface area (Å²) in [6, 6.07) is 0. The second-order valence-electron chi connectivity index (χ2n) is 8.35. The normalized spacial score (nSPS) is 23.0. The van der Waals surface area contributed by atoms with Crippen LogP contribution in [0, 0.1) is 11.3 Å². The molecule has 25 heavy (non-hydrogen) atoms. The van der Waals surface area contributed by atoms with Gasteiger partial charge < -0.3 is 20.1 Å². The van der Waals surface area contributed by atoms with Gasteiger partial charge in [0.2, 0.25) is 0 Å². The average Bonchev–Trinajstić information content (AvgIpc) is 3.06. The van der Waals surface area contributed by atoms with E-state index in [0.717, 1.165) is 57.6 Å². The van der Waals surface area contributed by atoms with Gasteiger partial charge in [-0.25, -0.2) is 0 Å². The predicted molar refractivity (Wildman–Crippen MR) is 104 cm³/mol. The van der Waals surface area contributed by atoms with Crippen LogP contribution >= 0.6 is 0 Å². The minimum Gasteiger partial charge on any atom is -0.381 e. The lowest BCUT2D eigenvalue weighted by Crippen LogP contribution is -2.51. The highest BCUT2D eigenvalue weighted by Gasteiger charge is 2.35. The third kappa shape index (κ3) is 6.14. The van der Waals surface area contributed by atoms with E-state index < -0.39 is 0 Å². The second-order valence-corrected chi connectivity index (χ2v) is 8.35. The zero-order chi connectivity index (χ0) is 18.2. The molecule has 1 aliphatic heterocycles. The zero-order valence-electron chi connectivity index (χ0n) is 16.8. The summed E-state index contributed by atoms with van der Waals surface area (Å²) in [5.41, 5.74) is 0.283. The molecular formula is C20H39N3O2. The van der Waals surface area contributed by atoms with E-state index in [1.165, 1.54) is 32.1 Å². The number of hydrogen-bond donors (Lipinski definition) is 2. The molecule has 5 heteroatoms. The van der Waals surface area contributed by atoms with Crippen molar-refractivity contribution in [3.8, 4) is 0 Å². The highest BCUT2D eigenvalue weighted by Crippen LogP contribution is 2.43. The van der Waals surface area contributed by atoms with Crippen LogP contribution in [0.3, 0.4) is 0 Å². The van der Waals surface area contributed by atoms with Gasteiger partial charge in [-0.05, 0) is 37.5 Å². The molecule has 2 fully saturated rings. The van der Waals surface area contributed by atoms with Crippen LogP contribution in [0.4, 0.5) is 0 Å². The van der Waals surface area contributed by atoms with Crippen LogP contribution in [0.2, 0.25) is 0 Å². The van der Waals surface area contributed by atoms with E-state index in [4.69, 9.17) is 14.5 Å². The monoisotopic (exact) mass is 353 g/mol. The van der Waals surface area contributed by atoms with Crippen LogP contribution in [0.15, 0.2) is 4.99 Å². The zero-order valence-corrected chi connectivity index (χ0v) is 16.8. The first-order chi connectivity index (χ1) is 12.0. The smallest absolute Gasteiger partial charge is 0.191 e. The van der Waals surface area contributed by atoms with E-state index in [2.05, 4.69) is 31.4 Å². The first-order valence-electron chi connectivity index (χ1n) is 10.2. The fraction of sp³-hybridized carbons (Fsp3) is 0.950. The van der Waals surface area contributed by atoms with Gasteiger partial charge in [-0.2, -0.15) is 0 Å². The Morgan fingerprint density at radius 1 is 1.12 bits per heavy atom. The Morgan fingerprint density at radius 3 is 2.36 bits per heavy atom. The number of rotatable bonds is 8. The van der Waals surface area contributed by atoms with Crippen LogP contribution in [0.5, 0.6) is 0 Å². The van der Waals surface area contributed by atoms with Crippen molar-refractivity contribution in [3.05, 3.63) is 0 Å². The molecule has 0 aromatic carbocycles. The SMILES string of the molecule is CCNC(=NCC1(CC(C)C)CCCC1)NCC1(OC)CCOCC1. The molecule has 2 rings (SSSR count). The summed E-state index contributed by atoms with van der Waals surface area (Å²) in [6.45, 7) is 11.0. The highest BCUT2D eigenvalue weighted by molar-refractivity contribution is 5.79. The molecule has 2 aliphatic rings. The predicted octanol–water partition coefficient (Wildman–Crippen LogP) is 3.34. The third-order valence-electron chi connectivity index (χ3n) is 5.84. The standard InChI is InChI=1S/C20H39N3O2/c1-5-21-18(23-16-20(24-4)10-12-25-13-11-20)22-15-19(14-17(2)3)8-6-7-9-19/h17H,5-16H2,1-4H3,(H2,21,22,23). The van der Waals surface area contributed by atoms with E-state index in [1.54, 1.807) is 0 Å². The minimum absolute atomic E-state index is 0.128. The number of nitrogens with one attached hydrogen (secondary N) is 2. The minimum atomic E-state index is -0.128. The molecule has 1 saturated carbocycles. The number of methoxy groups -OCH3 is 1. The van der Waals surface area contributed by atoms with Crippen molar-refractivity contribution < 1.29 is 9.47 Å². The highest BCUT2D eigenvalue weighted by atomic mass is 16.5. The topological polar surface area (TPSA) is 54.9 Å². The van der Waals surface area contributed by atoms with Crippen molar-refractivity contribution in [3.63, 3.8) is 0 Å². The van der Waals surface area contributed by atoms with Crippen LogP contribution in [-0.4, -0.2) is 51.5 Å². The first kappa shape index (κ1) is 20.5. The van der Waals surface area contributed by atoms with E-state index in [0.29, 0.717) is 5.41 Å². The Hall–Kier alpha value is -0.810. The van der Waals surface area contributed by atoms with Crippen LogP contribution < -0.4 is 10.6 Å². The van der Waals surface area contributed by atoms with Gasteiger partial charge in [0.1, 0.15) is 0 Å². The molecular weight excluding hydrogens is 314 g/mol. The lowest BCUT2D eigenvalue weighted by molar-refractivity contribution is -0.0855. The van der Waals surface area contributed by atoms with Crippen LogP contribution in [0.1, 0.15) is 65.7 Å². The van der Waals surface area contributed by atoms with E-state index in [9.17, 15) is 0 Å². The van der Waals surface area contributed by atoms with Crippen LogP contribution in [-0.2, 0) is 9.47 Å². The van der Waals surface area contributed by atoms with Gasteiger partial charge in [-0.3, -0.25) is 4.99 Å². The van der Waals surface area contributed by atoms with E-state index in [1.807, 2.05) is 7.11 Å². The molecule has 5 nitrogen and oxygen atoms in total. The molecule has 1 heterocycles. The molecule has 2 N–H and O–H groups in total. The molecule has 0 unspecified atom stereocenters. The van der Waals surface area contributed by atoms with Gasteiger partial charge in [0.15, 0.2) is 5.96 Å². The number of nitrogens with zero attached hydrogens (tertiary/aromatic N) is 1. The summed E-state index contributed by atoms with van der Waals surface area (Å²) >= 11 is 0. The fourth-order valence-electron chi connectivity index (χ4n) is 4.45. The van der Waals surface area contributed by atoms with Crippen molar-refractivity contribution in [2.75, 3.05) is 40.0 Å². The lowest BCUT2D eigenvalue weighted by Gasteiger charge is -2.36. The number of aliphatic imine (C=N–C) groups is 1. The summed E-state index contributed by atoms with van der Waals surface area (Å²) in [6.07, 6.45) is 8.54. The first-order valence-corrected chi connectivity index (χ1v) is 10.2. The molecule has 1 aliphatic carbocycles. The summed E-state index contributed by atoms with van der Waals surface area (Å²) in [5.74, 6) is 1.67. The quantitative estimate of drug-likeness (QED) is 0.519. The van der Waals surface area contributed by atoms with Crippen LogP contribution in [0.25, 0.3) is 0 Å². The van der Waals surface area contributed by atoms with Gasteiger partial charge in [0.25, 0.3) is 0 Å². The van der Waals surface area contributed by atoms with Crippen molar-refractivity contribution in [2.24, 2.45) is 16.3 Å². The summed E-state index contributed by atoms with van der Waals surface area (Å²) in [7, 11) is 1.81. The molecule has 0 spiro atoms. The maximum Gasteiger partial charge on any atom is 0.191 e. The number of guanidine groups is 1. The molecule has 0 atom stereocenters. The number of ether oxygens (including phenoxy) is 2. The fourth-order valence-corrected chi connectivity index (χ4v) is 4.45. The second kappa shape index (κ2) is 9.77. The summed E-state index contributed by atoms with van der Waals surface area (Å²) in [4.78, 5) is 4.98. The molecule has 0 aromatic rings. The van der Waals surface area contributed by atoms with Gasteiger partial charge in [-0.1, -0.05) is 26.7 Å². The Kier molecular flexibility index (Phi) is 8.01. The Balaban J connectivity index is 1.97. The number of hydrogen-bond acceptors (Lipinski definition) is 3. The van der Waals surface area contributed by atoms with E-state index in [-0.39, 0.29) is 5.60 Å². The van der Waals surface area contributed by atoms with Gasteiger partial charge in [-0.15, -0.1) is 0 Å². The molecule has 0 amide bonds.